The Labute approximate surface area is 156 Å². The van der Waals surface area contributed by atoms with E-state index < -0.39 is 0 Å². The van der Waals surface area contributed by atoms with Gasteiger partial charge >= 0.3 is 0 Å². The molecule has 2 aliphatic heterocycles. The molecule has 8 nitrogen and oxygen atoms in total. The molecular weight excluding hydrogens is 340 g/mol. The maximum atomic E-state index is 9.43. The van der Waals surface area contributed by atoms with Crippen LogP contribution in [0.3, 0.4) is 0 Å². The van der Waals surface area contributed by atoms with Gasteiger partial charge in [0.05, 0.1) is 66.1 Å². The molecule has 0 aromatic rings. The first-order valence-electron chi connectivity index (χ1n) is 9.79. The van der Waals surface area contributed by atoms with E-state index in [-0.39, 0.29) is 25.0 Å². The van der Waals surface area contributed by atoms with Crippen molar-refractivity contribution < 1.29 is 29.2 Å². The summed E-state index contributed by atoms with van der Waals surface area (Å²) >= 11 is 0. The Morgan fingerprint density at radius 3 is 1.12 bits per heavy atom. The standard InChI is InChI=1S/C18H36N2O6/c21-11-17-13-23-7-3-19-1-2-20(5-9-25-15-17)6-10-26-16-18(12-22)14-24-8-4-19/h17-18,21-22H,1-16H2. The highest BCUT2D eigenvalue weighted by Gasteiger charge is 2.15. The lowest BCUT2D eigenvalue weighted by molar-refractivity contribution is -0.00283. The van der Waals surface area contributed by atoms with Crippen molar-refractivity contribution in [2.45, 2.75) is 0 Å². The molecule has 2 bridgehead atoms. The first-order chi connectivity index (χ1) is 12.8. The Bertz CT molecular complexity index is 294. The molecule has 2 saturated heterocycles. The summed E-state index contributed by atoms with van der Waals surface area (Å²) in [4.78, 5) is 4.71. The summed E-state index contributed by atoms with van der Waals surface area (Å²) in [5, 5.41) is 18.9. The lowest BCUT2D eigenvalue weighted by Crippen LogP contribution is -2.40. The van der Waals surface area contributed by atoms with Crippen LogP contribution in [-0.4, -0.2) is 125 Å². The second kappa shape index (κ2) is 13.8. The lowest BCUT2D eigenvalue weighted by Gasteiger charge is -2.27. The number of aliphatic hydroxyl groups is 2. The monoisotopic (exact) mass is 376 g/mol. The summed E-state index contributed by atoms with van der Waals surface area (Å²) in [6, 6.07) is 0. The Morgan fingerprint density at radius 1 is 0.538 bits per heavy atom. The summed E-state index contributed by atoms with van der Waals surface area (Å²) in [5.74, 6) is 0.0654. The Balaban J connectivity index is 1.93. The quantitative estimate of drug-likeness (QED) is 0.629. The highest BCUT2D eigenvalue weighted by molar-refractivity contribution is 4.67. The van der Waals surface area contributed by atoms with Gasteiger partial charge in [-0.2, -0.15) is 0 Å². The van der Waals surface area contributed by atoms with E-state index in [1.54, 1.807) is 0 Å². The van der Waals surface area contributed by atoms with Crippen molar-refractivity contribution in [3.8, 4) is 0 Å². The molecule has 8 heteroatoms. The fourth-order valence-corrected chi connectivity index (χ4v) is 3.04. The van der Waals surface area contributed by atoms with Gasteiger partial charge in [-0.05, 0) is 0 Å². The highest BCUT2D eigenvalue weighted by atomic mass is 16.5. The predicted octanol–water partition coefficient (Wildman–Crippen LogP) is -1.10. The zero-order chi connectivity index (χ0) is 18.5. The van der Waals surface area contributed by atoms with Gasteiger partial charge in [0.25, 0.3) is 0 Å². The van der Waals surface area contributed by atoms with Gasteiger partial charge in [0.2, 0.25) is 0 Å². The van der Waals surface area contributed by atoms with Crippen LogP contribution in [0, 0.1) is 11.8 Å². The first-order valence-corrected chi connectivity index (χ1v) is 9.79. The van der Waals surface area contributed by atoms with Gasteiger partial charge in [0, 0.05) is 51.1 Å². The number of hydrogen-bond donors (Lipinski definition) is 2. The molecule has 0 radical (unpaired) electrons. The van der Waals surface area contributed by atoms with Crippen molar-refractivity contribution >= 4 is 0 Å². The molecule has 2 rings (SSSR count). The van der Waals surface area contributed by atoms with Gasteiger partial charge in [-0.25, -0.2) is 0 Å². The van der Waals surface area contributed by atoms with E-state index in [0.29, 0.717) is 52.9 Å². The van der Waals surface area contributed by atoms with E-state index >= 15 is 0 Å². The van der Waals surface area contributed by atoms with Crippen LogP contribution in [0.5, 0.6) is 0 Å². The Hall–Kier alpha value is -0.320. The van der Waals surface area contributed by atoms with Crippen LogP contribution in [0.25, 0.3) is 0 Å². The molecule has 154 valence electrons. The normalized spacial score (nSPS) is 34.4. The molecule has 0 spiro atoms. The van der Waals surface area contributed by atoms with Crippen LogP contribution in [0.2, 0.25) is 0 Å². The summed E-state index contributed by atoms with van der Waals surface area (Å²) in [6.07, 6.45) is 0. The number of aliphatic hydroxyl groups excluding tert-OH is 2. The minimum atomic E-state index is 0.0327. The molecule has 2 N–H and O–H groups in total. The van der Waals surface area contributed by atoms with Gasteiger partial charge in [-0.15, -0.1) is 0 Å². The van der Waals surface area contributed by atoms with E-state index in [9.17, 15) is 10.2 Å². The largest absolute Gasteiger partial charge is 0.396 e. The van der Waals surface area contributed by atoms with Crippen LogP contribution < -0.4 is 0 Å². The summed E-state index contributed by atoms with van der Waals surface area (Å²) in [7, 11) is 0. The van der Waals surface area contributed by atoms with Gasteiger partial charge in [-0.3, -0.25) is 9.80 Å². The van der Waals surface area contributed by atoms with Crippen LogP contribution in [0.1, 0.15) is 0 Å². The van der Waals surface area contributed by atoms with E-state index in [1.165, 1.54) is 0 Å². The third kappa shape index (κ3) is 9.05. The molecule has 0 aromatic carbocycles. The zero-order valence-electron chi connectivity index (χ0n) is 15.9. The average molecular weight is 376 g/mol. The number of rotatable bonds is 2. The molecule has 0 aromatic heterocycles. The van der Waals surface area contributed by atoms with Crippen LogP contribution >= 0.6 is 0 Å². The smallest absolute Gasteiger partial charge is 0.0593 e. The second-order valence-corrected chi connectivity index (χ2v) is 7.08. The number of nitrogens with zero attached hydrogens (tertiary/aromatic N) is 2. The van der Waals surface area contributed by atoms with Crippen LogP contribution in [-0.2, 0) is 18.9 Å². The molecule has 2 fully saturated rings. The first kappa shape index (κ1) is 22.0. The lowest BCUT2D eigenvalue weighted by atomic mass is 10.2. The van der Waals surface area contributed by atoms with Gasteiger partial charge in [0.1, 0.15) is 0 Å². The Morgan fingerprint density at radius 2 is 0.846 bits per heavy atom. The van der Waals surface area contributed by atoms with Crippen molar-refractivity contribution in [1.29, 1.82) is 0 Å². The summed E-state index contributed by atoms with van der Waals surface area (Å²) < 4.78 is 23.0. The molecule has 2 aliphatic rings. The fourth-order valence-electron chi connectivity index (χ4n) is 3.04. The van der Waals surface area contributed by atoms with E-state index in [2.05, 4.69) is 9.80 Å². The summed E-state index contributed by atoms with van der Waals surface area (Å²) in [5.41, 5.74) is 0. The van der Waals surface area contributed by atoms with Crippen LogP contribution in [0.15, 0.2) is 0 Å². The van der Waals surface area contributed by atoms with Gasteiger partial charge < -0.3 is 29.2 Å². The molecule has 0 saturated carbocycles. The topological polar surface area (TPSA) is 83.9 Å². The van der Waals surface area contributed by atoms with Gasteiger partial charge in [0.15, 0.2) is 0 Å². The highest BCUT2D eigenvalue weighted by Crippen LogP contribution is 2.04. The van der Waals surface area contributed by atoms with Crippen molar-refractivity contribution in [2.75, 3.05) is 105 Å². The SMILES string of the molecule is OCC1COCCN2CCOCC(CO)COCCN(CCOC1)CC2. The fraction of sp³-hybridized carbons (Fsp3) is 1.00. The van der Waals surface area contributed by atoms with Crippen molar-refractivity contribution in [3.63, 3.8) is 0 Å². The molecule has 0 aliphatic carbocycles. The van der Waals surface area contributed by atoms with E-state index in [0.717, 1.165) is 39.3 Å². The number of fused-ring (bicyclic) bond motifs is 3. The minimum absolute atomic E-state index is 0.0327. The Kier molecular flexibility index (Phi) is 11.7. The number of hydrogen-bond acceptors (Lipinski definition) is 8. The van der Waals surface area contributed by atoms with Crippen molar-refractivity contribution in [2.24, 2.45) is 11.8 Å². The second-order valence-electron chi connectivity index (χ2n) is 7.08. The predicted molar refractivity (Wildman–Crippen MR) is 97.3 cm³/mol. The molecule has 26 heavy (non-hydrogen) atoms. The van der Waals surface area contributed by atoms with E-state index in [1.807, 2.05) is 0 Å². The number of ether oxygens (including phenoxy) is 4. The van der Waals surface area contributed by atoms with Crippen LogP contribution in [0.4, 0.5) is 0 Å². The van der Waals surface area contributed by atoms with E-state index in [4.69, 9.17) is 18.9 Å². The molecule has 2 heterocycles. The molecular formula is C18H36N2O6. The maximum Gasteiger partial charge on any atom is 0.0593 e. The zero-order valence-corrected chi connectivity index (χ0v) is 15.9. The van der Waals surface area contributed by atoms with Crippen molar-refractivity contribution in [1.82, 2.24) is 9.80 Å². The average Bonchev–Trinajstić information content (AvgIpc) is 2.69. The van der Waals surface area contributed by atoms with Crippen molar-refractivity contribution in [3.05, 3.63) is 0 Å². The van der Waals surface area contributed by atoms with Gasteiger partial charge in [-0.1, -0.05) is 0 Å². The third-order valence-corrected chi connectivity index (χ3v) is 4.87. The molecule has 0 amide bonds. The third-order valence-electron chi connectivity index (χ3n) is 4.87. The molecule has 0 unspecified atom stereocenters. The maximum absolute atomic E-state index is 9.43. The molecule has 0 atom stereocenters. The summed E-state index contributed by atoms with van der Waals surface area (Å²) in [6.45, 7) is 10.1. The minimum Gasteiger partial charge on any atom is -0.396 e.